The molecule has 1 fully saturated rings. The summed E-state index contributed by atoms with van der Waals surface area (Å²) < 4.78 is 14.0. The third-order valence-corrected chi connectivity index (χ3v) is 5.31. The van der Waals surface area contributed by atoms with Crippen LogP contribution in [0.15, 0.2) is 35.2 Å². The van der Waals surface area contributed by atoms with Crippen LogP contribution in [0.2, 0.25) is 5.02 Å². The number of aromatic hydroxyl groups is 1. The van der Waals surface area contributed by atoms with Crippen molar-refractivity contribution >= 4 is 52.0 Å². The lowest BCUT2D eigenvalue weighted by Crippen LogP contribution is -2.28. The van der Waals surface area contributed by atoms with Crippen molar-refractivity contribution in [3.05, 3.63) is 77.4 Å². The van der Waals surface area contributed by atoms with Gasteiger partial charge in [-0.15, -0.1) is 0 Å². The Morgan fingerprint density at radius 1 is 1.20 bits per heavy atom. The minimum absolute atomic E-state index is 0.00461. The molecule has 0 radical (unpaired) electrons. The van der Waals surface area contributed by atoms with Gasteiger partial charge in [-0.05, 0) is 30.0 Å². The molecule has 2 aromatic carbocycles. The Hall–Kier alpha value is -3.51. The number of thioether (sulfide) groups is 1. The minimum atomic E-state index is -1.02. The van der Waals surface area contributed by atoms with E-state index in [0.29, 0.717) is 22.7 Å². The predicted octanol–water partition coefficient (Wildman–Crippen LogP) is 4.24. The fourth-order valence-corrected chi connectivity index (χ4v) is 3.65. The highest BCUT2D eigenvalue weighted by atomic mass is 35.5. The van der Waals surface area contributed by atoms with Gasteiger partial charge in [-0.3, -0.25) is 34.7 Å². The van der Waals surface area contributed by atoms with E-state index in [2.05, 4.69) is 0 Å². The number of carbonyl (C=O) groups is 2. The molecular weight excluding hydrogens is 445 g/mol. The van der Waals surface area contributed by atoms with Crippen molar-refractivity contribution in [1.29, 1.82) is 0 Å². The topological polar surface area (TPSA) is 144 Å². The molecule has 10 nitrogen and oxygen atoms in total. The van der Waals surface area contributed by atoms with Gasteiger partial charge in [0.25, 0.3) is 16.8 Å². The molecule has 0 aliphatic carbocycles. The maximum absolute atomic E-state index is 14.0. The first-order valence-electron chi connectivity index (χ1n) is 7.94. The van der Waals surface area contributed by atoms with E-state index in [1.54, 1.807) is 0 Å². The van der Waals surface area contributed by atoms with Crippen LogP contribution in [0.5, 0.6) is 5.75 Å². The van der Waals surface area contributed by atoms with Gasteiger partial charge < -0.3 is 5.11 Å². The van der Waals surface area contributed by atoms with Gasteiger partial charge in [0.1, 0.15) is 5.82 Å². The summed E-state index contributed by atoms with van der Waals surface area (Å²) in [4.78, 5) is 45.4. The summed E-state index contributed by atoms with van der Waals surface area (Å²) in [6, 6.07) is 5.24. The average Bonchev–Trinajstić information content (AvgIpc) is 2.92. The number of nitro benzene ring substituents is 2. The molecule has 0 aromatic heterocycles. The first-order valence-corrected chi connectivity index (χ1v) is 9.13. The van der Waals surface area contributed by atoms with Crippen molar-refractivity contribution in [2.75, 3.05) is 0 Å². The molecule has 0 bridgehead atoms. The third kappa shape index (κ3) is 3.95. The molecule has 0 unspecified atom stereocenters. The molecule has 13 heteroatoms. The zero-order chi connectivity index (χ0) is 22.2. The van der Waals surface area contributed by atoms with Crippen molar-refractivity contribution in [3.8, 4) is 5.75 Å². The van der Waals surface area contributed by atoms with E-state index in [-0.39, 0.29) is 15.5 Å². The van der Waals surface area contributed by atoms with Crippen LogP contribution in [0.4, 0.5) is 20.6 Å². The van der Waals surface area contributed by atoms with Crippen LogP contribution in [-0.4, -0.2) is 31.0 Å². The second-order valence-corrected chi connectivity index (χ2v) is 7.29. The van der Waals surface area contributed by atoms with Gasteiger partial charge in [0.2, 0.25) is 5.75 Å². The van der Waals surface area contributed by atoms with Gasteiger partial charge in [-0.2, -0.15) is 0 Å². The Labute approximate surface area is 175 Å². The van der Waals surface area contributed by atoms with E-state index in [0.717, 1.165) is 18.2 Å². The number of carbonyl (C=O) groups excluding carboxylic acids is 2. The number of phenolic OH excluding ortho intramolecular Hbond substituents is 1. The maximum Gasteiger partial charge on any atom is 0.318 e. The number of hydrogen-bond acceptors (Lipinski definition) is 8. The Morgan fingerprint density at radius 3 is 2.50 bits per heavy atom. The molecule has 1 aliphatic rings. The Balaban J connectivity index is 2.00. The largest absolute Gasteiger partial charge is 0.502 e. The predicted molar refractivity (Wildman–Crippen MR) is 104 cm³/mol. The fourth-order valence-electron chi connectivity index (χ4n) is 2.60. The number of phenols is 1. The van der Waals surface area contributed by atoms with E-state index < -0.39 is 56.0 Å². The normalized spacial score (nSPS) is 15.1. The van der Waals surface area contributed by atoms with Crippen LogP contribution < -0.4 is 0 Å². The molecule has 2 amide bonds. The highest BCUT2D eigenvalue weighted by Crippen LogP contribution is 2.39. The zero-order valence-electron chi connectivity index (χ0n) is 14.6. The van der Waals surface area contributed by atoms with Crippen molar-refractivity contribution < 1.29 is 28.9 Å². The number of hydrogen-bond donors (Lipinski definition) is 1. The Kier molecular flexibility index (Phi) is 5.71. The van der Waals surface area contributed by atoms with Crippen molar-refractivity contribution in [2.45, 2.75) is 6.54 Å². The number of rotatable bonds is 5. The number of amides is 2. The maximum atomic E-state index is 14.0. The van der Waals surface area contributed by atoms with Crippen molar-refractivity contribution in [3.63, 3.8) is 0 Å². The molecule has 0 atom stereocenters. The summed E-state index contributed by atoms with van der Waals surface area (Å²) in [6.45, 7) is -0.464. The van der Waals surface area contributed by atoms with Crippen LogP contribution in [0.25, 0.3) is 6.08 Å². The Morgan fingerprint density at radius 2 is 1.90 bits per heavy atom. The molecule has 0 saturated carbocycles. The quantitative estimate of drug-likeness (QED) is 0.402. The van der Waals surface area contributed by atoms with E-state index in [1.807, 2.05) is 0 Å². The van der Waals surface area contributed by atoms with Crippen molar-refractivity contribution in [2.24, 2.45) is 0 Å². The highest BCUT2D eigenvalue weighted by molar-refractivity contribution is 8.18. The first kappa shape index (κ1) is 21.2. The smallest absolute Gasteiger partial charge is 0.318 e. The molecule has 3 rings (SSSR count). The second kappa shape index (κ2) is 8.08. The third-order valence-electron chi connectivity index (χ3n) is 4.05. The summed E-state index contributed by atoms with van der Waals surface area (Å²) in [6.07, 6.45) is 0.920. The number of nitrogens with zero attached hydrogens (tertiary/aromatic N) is 3. The standard InChI is InChI=1S/C17H9ClFN3O7S/c18-11-2-1-3-12(19)10(11)7-20-16(24)14(30-17(20)25)5-8-4-9(21(26)27)6-13(15(8)23)22(28)29/h1-6,23H,7H2/b14-5-. The van der Waals surface area contributed by atoms with Gasteiger partial charge in [-0.25, -0.2) is 4.39 Å². The molecule has 1 heterocycles. The van der Waals surface area contributed by atoms with E-state index >= 15 is 0 Å². The number of benzene rings is 2. The molecular formula is C17H9ClFN3O7S. The van der Waals surface area contributed by atoms with E-state index in [4.69, 9.17) is 11.6 Å². The summed E-state index contributed by atoms with van der Waals surface area (Å²) in [5.74, 6) is -2.51. The lowest BCUT2D eigenvalue weighted by Gasteiger charge is -2.14. The summed E-state index contributed by atoms with van der Waals surface area (Å²) in [5, 5.41) is 31.3. The first-order chi connectivity index (χ1) is 14.1. The SMILES string of the molecule is O=C1S/C(=C\c2cc([N+](=O)[O-])cc([N+](=O)[O-])c2O)C(=O)N1Cc1c(F)cccc1Cl. The molecule has 1 saturated heterocycles. The molecule has 1 aliphatic heterocycles. The lowest BCUT2D eigenvalue weighted by atomic mass is 10.1. The molecule has 2 aromatic rings. The molecule has 1 N–H and O–H groups in total. The number of non-ortho nitro benzene ring substituents is 1. The van der Waals surface area contributed by atoms with Crippen LogP contribution in [-0.2, 0) is 11.3 Å². The monoisotopic (exact) mass is 453 g/mol. The average molecular weight is 454 g/mol. The van der Waals surface area contributed by atoms with Crippen LogP contribution in [0, 0.1) is 26.0 Å². The summed E-state index contributed by atoms with van der Waals surface area (Å²) >= 11 is 6.34. The highest BCUT2D eigenvalue weighted by Gasteiger charge is 2.36. The van der Waals surface area contributed by atoms with Gasteiger partial charge >= 0.3 is 5.69 Å². The number of imide groups is 1. The molecule has 30 heavy (non-hydrogen) atoms. The second-order valence-electron chi connectivity index (χ2n) is 5.89. The van der Waals surface area contributed by atoms with Gasteiger partial charge in [0.05, 0.1) is 27.4 Å². The fraction of sp³-hybridized carbons (Fsp3) is 0.0588. The van der Waals surface area contributed by atoms with E-state index in [1.165, 1.54) is 12.1 Å². The number of nitro groups is 2. The van der Waals surface area contributed by atoms with Crippen LogP contribution in [0.3, 0.4) is 0 Å². The number of halogens is 2. The minimum Gasteiger partial charge on any atom is -0.502 e. The molecule has 0 spiro atoms. The van der Waals surface area contributed by atoms with Gasteiger partial charge in [0.15, 0.2) is 0 Å². The zero-order valence-corrected chi connectivity index (χ0v) is 16.1. The van der Waals surface area contributed by atoms with Gasteiger partial charge in [0, 0.05) is 22.2 Å². The lowest BCUT2D eigenvalue weighted by molar-refractivity contribution is -0.394. The summed E-state index contributed by atoms with van der Waals surface area (Å²) in [5.41, 5.74) is -2.11. The van der Waals surface area contributed by atoms with Crippen LogP contribution >= 0.6 is 23.4 Å². The van der Waals surface area contributed by atoms with Crippen molar-refractivity contribution in [1.82, 2.24) is 4.90 Å². The Bertz CT molecular complexity index is 1130. The van der Waals surface area contributed by atoms with E-state index in [9.17, 15) is 39.3 Å². The van der Waals surface area contributed by atoms with Gasteiger partial charge in [-0.1, -0.05) is 17.7 Å². The molecule has 154 valence electrons. The summed E-state index contributed by atoms with van der Waals surface area (Å²) in [7, 11) is 0. The van der Waals surface area contributed by atoms with Crippen LogP contribution in [0.1, 0.15) is 11.1 Å².